The van der Waals surface area contributed by atoms with Gasteiger partial charge in [0.2, 0.25) is 18.2 Å². The smallest absolute Gasteiger partial charge is 0.243 e. The topological polar surface area (TPSA) is 100 Å². The Morgan fingerprint density at radius 2 is 2.06 bits per heavy atom. The van der Waals surface area contributed by atoms with Crippen LogP contribution in [0.1, 0.15) is 58.8 Å². The van der Waals surface area contributed by atoms with E-state index in [4.69, 9.17) is 0 Å². The highest BCUT2D eigenvalue weighted by Gasteiger charge is 2.59. The molecule has 3 N–H and O–H groups in total. The fourth-order valence-electron chi connectivity index (χ4n) is 7.87. The van der Waals surface area contributed by atoms with Crippen LogP contribution >= 0.6 is 0 Å². The van der Waals surface area contributed by atoms with Crippen molar-refractivity contribution >= 4 is 29.7 Å². The summed E-state index contributed by atoms with van der Waals surface area (Å²) in [6.07, 6.45) is 13.3. The second-order valence-electron chi connectivity index (χ2n) is 10.9. The largest absolute Gasteiger partial charge is 0.349 e. The number of pyridine rings is 1. The summed E-state index contributed by atoms with van der Waals surface area (Å²) >= 11 is 0. The van der Waals surface area contributed by atoms with E-state index in [1.165, 1.54) is 6.42 Å². The van der Waals surface area contributed by atoms with Crippen LogP contribution in [0.5, 0.6) is 0 Å². The van der Waals surface area contributed by atoms with Gasteiger partial charge in [-0.25, -0.2) is 4.98 Å². The van der Waals surface area contributed by atoms with Gasteiger partial charge in [0.1, 0.15) is 0 Å². The van der Waals surface area contributed by atoms with Crippen molar-refractivity contribution in [1.82, 2.24) is 10.3 Å². The number of fused-ring (bicyclic) bond motifs is 5. The number of carbonyl (C=O) groups excluding carboxylic acids is 3. The zero-order valence-electron chi connectivity index (χ0n) is 19.5. The fourth-order valence-corrected chi connectivity index (χ4v) is 7.87. The van der Waals surface area contributed by atoms with Crippen molar-refractivity contribution < 1.29 is 14.4 Å². The first kappa shape index (κ1) is 22.1. The molecule has 0 radical (unpaired) electrons. The number of nitrogens with zero attached hydrogens (tertiary/aromatic N) is 1. The molecule has 1 aliphatic heterocycles. The van der Waals surface area contributed by atoms with Gasteiger partial charge in [-0.2, -0.15) is 0 Å². The quantitative estimate of drug-likeness (QED) is 0.593. The Morgan fingerprint density at radius 3 is 2.88 bits per heavy atom. The lowest BCUT2D eigenvalue weighted by Crippen LogP contribution is -2.59. The van der Waals surface area contributed by atoms with Gasteiger partial charge in [0.05, 0.1) is 5.69 Å². The second kappa shape index (κ2) is 8.26. The Morgan fingerprint density at radius 1 is 1.21 bits per heavy atom. The van der Waals surface area contributed by atoms with E-state index in [1.54, 1.807) is 24.4 Å². The second-order valence-corrected chi connectivity index (χ2v) is 10.9. The molecule has 33 heavy (non-hydrogen) atoms. The highest BCUT2D eigenvalue weighted by molar-refractivity contribution is 5.94. The molecule has 7 heteroatoms. The number of amides is 3. The third-order valence-corrected chi connectivity index (χ3v) is 9.59. The first-order chi connectivity index (χ1) is 15.8. The predicted octanol–water partition coefficient (Wildman–Crippen LogP) is 3.89. The molecule has 0 saturated heterocycles. The minimum atomic E-state index is -0.0368. The Hall–Kier alpha value is -2.70. The van der Waals surface area contributed by atoms with Crippen molar-refractivity contribution in [2.24, 2.45) is 34.5 Å². The number of hydrogen-bond donors (Lipinski definition) is 3. The van der Waals surface area contributed by atoms with Crippen LogP contribution in [0.25, 0.3) is 0 Å². The van der Waals surface area contributed by atoms with E-state index in [-0.39, 0.29) is 28.7 Å². The summed E-state index contributed by atoms with van der Waals surface area (Å²) < 4.78 is 0. The van der Waals surface area contributed by atoms with Crippen LogP contribution in [0.4, 0.5) is 11.5 Å². The number of nitrogens with one attached hydrogen (secondary N) is 3. The van der Waals surface area contributed by atoms with Crippen LogP contribution in [0.2, 0.25) is 0 Å². The minimum absolute atomic E-state index is 0.0363. The Bertz CT molecular complexity index is 994. The summed E-state index contributed by atoms with van der Waals surface area (Å²) in [5.41, 5.74) is 0.709. The molecule has 1 aromatic heterocycles. The van der Waals surface area contributed by atoms with Crippen LogP contribution < -0.4 is 16.0 Å². The average molecular weight is 451 g/mol. The molecule has 176 valence electrons. The Balaban J connectivity index is 1.30. The molecule has 0 unspecified atom stereocenters. The van der Waals surface area contributed by atoms with Crippen LogP contribution in [0.15, 0.2) is 30.5 Å². The highest BCUT2D eigenvalue weighted by atomic mass is 16.2. The zero-order valence-corrected chi connectivity index (χ0v) is 19.5. The zero-order chi connectivity index (χ0) is 23.2. The molecule has 3 amide bonds. The molecule has 7 atom stereocenters. The van der Waals surface area contributed by atoms with Crippen LogP contribution in [0.3, 0.4) is 0 Å². The molecule has 3 aliphatic carbocycles. The molecule has 0 aromatic carbocycles. The molecule has 0 spiro atoms. The molecule has 3 fully saturated rings. The summed E-state index contributed by atoms with van der Waals surface area (Å²) in [6.45, 7) is 4.75. The van der Waals surface area contributed by atoms with E-state index in [0.29, 0.717) is 48.0 Å². The third kappa shape index (κ3) is 3.65. The third-order valence-electron chi connectivity index (χ3n) is 9.59. The van der Waals surface area contributed by atoms with Crippen molar-refractivity contribution in [1.29, 1.82) is 0 Å². The highest BCUT2D eigenvalue weighted by Crippen LogP contribution is 2.65. The summed E-state index contributed by atoms with van der Waals surface area (Å²) in [7, 11) is 0. The number of rotatable bonds is 5. The molecule has 0 bridgehead atoms. The van der Waals surface area contributed by atoms with Gasteiger partial charge in [0.25, 0.3) is 0 Å². The molecule has 1 aromatic rings. The fraction of sp³-hybridized carbons (Fsp3) is 0.615. The standard InChI is InChI=1S/C26H34N4O3/c1-25-11-9-19-17(6-8-21-26(19,2)12-10-22(32)29-21)18(25)7-5-16(25)14-23(33)30-24-20(28-15-31)4-3-13-27-24/h3-4,10,12-13,15-19,21H,5-9,11,14H2,1-2H3,(H,28,31)(H,29,32)(H,27,30,33)/t16-,17+,18+,19+,21-,25-,26-/m1/s1. The van der Waals surface area contributed by atoms with E-state index >= 15 is 0 Å². The van der Waals surface area contributed by atoms with Gasteiger partial charge in [-0.1, -0.05) is 19.9 Å². The molecular formula is C26H34N4O3. The van der Waals surface area contributed by atoms with Crippen molar-refractivity contribution in [2.75, 3.05) is 10.6 Å². The predicted molar refractivity (Wildman–Crippen MR) is 126 cm³/mol. The Kier molecular flexibility index (Phi) is 5.53. The van der Waals surface area contributed by atoms with E-state index in [9.17, 15) is 14.4 Å². The van der Waals surface area contributed by atoms with Crippen molar-refractivity contribution in [3.63, 3.8) is 0 Å². The van der Waals surface area contributed by atoms with E-state index < -0.39 is 0 Å². The van der Waals surface area contributed by atoms with Gasteiger partial charge in [-0.3, -0.25) is 14.4 Å². The first-order valence-corrected chi connectivity index (χ1v) is 12.3. The number of carbonyl (C=O) groups is 3. The van der Waals surface area contributed by atoms with Crippen molar-refractivity contribution in [2.45, 2.75) is 64.8 Å². The van der Waals surface area contributed by atoms with E-state index in [0.717, 1.165) is 32.1 Å². The van der Waals surface area contributed by atoms with E-state index in [1.807, 2.05) is 0 Å². The van der Waals surface area contributed by atoms with E-state index in [2.05, 4.69) is 40.9 Å². The molecule has 2 heterocycles. The summed E-state index contributed by atoms with van der Waals surface area (Å²) in [4.78, 5) is 40.0. The maximum absolute atomic E-state index is 13.0. The SMILES string of the molecule is C[C@]12C=CC(=O)N[C@@H]1CC[C@@H]1[C@@H]2CC[C@]2(C)[C@@H](CC(=O)Nc3ncccc3NC=O)CC[C@@H]12. The van der Waals surface area contributed by atoms with Gasteiger partial charge in [0, 0.05) is 24.1 Å². The van der Waals surface area contributed by atoms with Gasteiger partial charge in [-0.05, 0) is 85.8 Å². The van der Waals surface area contributed by atoms with Gasteiger partial charge < -0.3 is 16.0 Å². The lowest BCUT2D eigenvalue weighted by Gasteiger charge is -2.59. The van der Waals surface area contributed by atoms with Crippen LogP contribution in [-0.2, 0) is 14.4 Å². The van der Waals surface area contributed by atoms with Crippen LogP contribution in [-0.4, -0.2) is 29.3 Å². The number of anilines is 2. The average Bonchev–Trinajstić information content (AvgIpc) is 3.12. The molecule has 5 rings (SSSR count). The lowest BCUT2D eigenvalue weighted by molar-refractivity contribution is -0.123. The first-order valence-electron chi connectivity index (χ1n) is 12.3. The minimum Gasteiger partial charge on any atom is -0.349 e. The molecule has 4 aliphatic rings. The van der Waals surface area contributed by atoms with Crippen molar-refractivity contribution in [3.05, 3.63) is 30.5 Å². The summed E-state index contributed by atoms with van der Waals surface area (Å²) in [5.74, 6) is 2.62. The molecule has 3 saturated carbocycles. The summed E-state index contributed by atoms with van der Waals surface area (Å²) in [5, 5.41) is 8.74. The van der Waals surface area contributed by atoms with Gasteiger partial charge in [-0.15, -0.1) is 0 Å². The van der Waals surface area contributed by atoms with Gasteiger partial charge >= 0.3 is 0 Å². The number of aromatic nitrogens is 1. The maximum Gasteiger partial charge on any atom is 0.243 e. The number of hydrogen-bond acceptors (Lipinski definition) is 4. The summed E-state index contributed by atoms with van der Waals surface area (Å²) in [6, 6.07) is 3.70. The molecular weight excluding hydrogens is 416 g/mol. The molecule has 7 nitrogen and oxygen atoms in total. The van der Waals surface area contributed by atoms with Gasteiger partial charge in [0.15, 0.2) is 5.82 Å². The Labute approximate surface area is 195 Å². The monoisotopic (exact) mass is 450 g/mol. The lowest BCUT2D eigenvalue weighted by atomic mass is 9.48. The maximum atomic E-state index is 13.0. The normalized spacial score (nSPS) is 39.0. The van der Waals surface area contributed by atoms with Crippen LogP contribution in [0, 0.1) is 34.5 Å². The van der Waals surface area contributed by atoms with Crippen molar-refractivity contribution in [3.8, 4) is 0 Å².